The molecule has 16 heavy (non-hydrogen) atoms. The number of nitrogens with one attached hydrogen (secondary N) is 1. The molecule has 5 N–H and O–H groups in total. The zero-order chi connectivity index (χ0) is 12.2. The highest BCUT2D eigenvalue weighted by atomic mass is 16.5. The van der Waals surface area contributed by atoms with E-state index in [2.05, 4.69) is 10.4 Å². The molecule has 0 aliphatic heterocycles. The summed E-state index contributed by atoms with van der Waals surface area (Å²) in [7, 11) is 0. The van der Waals surface area contributed by atoms with Gasteiger partial charge in [0.05, 0.1) is 11.6 Å². The van der Waals surface area contributed by atoms with Crippen molar-refractivity contribution in [2.45, 2.75) is 32.4 Å². The van der Waals surface area contributed by atoms with Crippen LogP contribution in [0.3, 0.4) is 0 Å². The van der Waals surface area contributed by atoms with Gasteiger partial charge in [0.25, 0.3) is 0 Å². The number of hydrogen-bond acceptors (Lipinski definition) is 5. The van der Waals surface area contributed by atoms with Crippen LogP contribution < -0.4 is 17.0 Å². The van der Waals surface area contributed by atoms with Gasteiger partial charge < -0.3 is 10.5 Å². The van der Waals surface area contributed by atoms with Gasteiger partial charge in [-0.15, -0.1) is 0 Å². The first kappa shape index (κ1) is 12.9. The lowest BCUT2D eigenvalue weighted by atomic mass is 9.92. The molecule has 0 fully saturated rings. The van der Waals surface area contributed by atoms with Crippen molar-refractivity contribution < 1.29 is 4.74 Å². The lowest BCUT2D eigenvalue weighted by Crippen LogP contribution is -2.44. The fraction of sp³-hybridized carbons (Fsp3) is 0.545. The minimum absolute atomic E-state index is 0.193. The van der Waals surface area contributed by atoms with Crippen LogP contribution in [0.5, 0.6) is 0 Å². The van der Waals surface area contributed by atoms with E-state index in [1.165, 1.54) is 0 Å². The smallest absolute Gasteiger partial charge is 0.0834 e. The Labute approximate surface area is 96.2 Å². The summed E-state index contributed by atoms with van der Waals surface area (Å²) < 4.78 is 5.67. The molecule has 0 aliphatic rings. The van der Waals surface area contributed by atoms with E-state index in [0.29, 0.717) is 12.3 Å². The summed E-state index contributed by atoms with van der Waals surface area (Å²) in [6.45, 7) is 6.49. The zero-order valence-electron chi connectivity index (χ0n) is 10.0. The van der Waals surface area contributed by atoms with Gasteiger partial charge in [0, 0.05) is 30.3 Å². The van der Waals surface area contributed by atoms with E-state index in [0.717, 1.165) is 5.56 Å². The Bertz CT molecular complexity index is 341. The Morgan fingerprint density at radius 1 is 1.56 bits per heavy atom. The highest BCUT2D eigenvalue weighted by Gasteiger charge is 2.32. The number of anilines is 1. The number of hydrogen-bond donors (Lipinski definition) is 3. The molecule has 0 radical (unpaired) electrons. The molecule has 1 aromatic rings. The monoisotopic (exact) mass is 224 g/mol. The zero-order valence-corrected chi connectivity index (χ0v) is 10.0. The molecule has 0 amide bonds. The Hall–Kier alpha value is -1.17. The fourth-order valence-corrected chi connectivity index (χ4v) is 1.78. The molecule has 0 saturated heterocycles. The largest absolute Gasteiger partial charge is 0.398 e. The number of nitrogens with two attached hydrogens (primary N) is 2. The minimum atomic E-state index is -0.444. The maximum atomic E-state index is 5.90. The summed E-state index contributed by atoms with van der Waals surface area (Å²) in [5.74, 6) is 5.58. The van der Waals surface area contributed by atoms with Crippen molar-refractivity contribution in [3.05, 3.63) is 24.0 Å². The fourth-order valence-electron chi connectivity index (χ4n) is 1.78. The van der Waals surface area contributed by atoms with Crippen LogP contribution in [0, 0.1) is 0 Å². The molecule has 90 valence electrons. The molecule has 0 bridgehead atoms. The summed E-state index contributed by atoms with van der Waals surface area (Å²) in [5.41, 5.74) is 9.70. The molecule has 5 nitrogen and oxygen atoms in total. The number of nitrogens with zero attached hydrogens (tertiary/aromatic N) is 1. The maximum Gasteiger partial charge on any atom is 0.0834 e. The number of pyridine rings is 1. The second-order valence-corrected chi connectivity index (χ2v) is 4.14. The third kappa shape index (κ3) is 2.69. The van der Waals surface area contributed by atoms with Crippen molar-refractivity contribution in [2.24, 2.45) is 5.84 Å². The highest BCUT2D eigenvalue weighted by molar-refractivity contribution is 5.47. The molecular weight excluding hydrogens is 204 g/mol. The van der Waals surface area contributed by atoms with Gasteiger partial charge in [-0.25, -0.2) is 5.43 Å². The number of rotatable bonds is 5. The van der Waals surface area contributed by atoms with Crippen LogP contribution in [0.4, 0.5) is 5.69 Å². The SMILES string of the molecule is CCOC(C)(C)C(NN)c1cnccc1N. The first-order valence-electron chi connectivity index (χ1n) is 5.32. The Morgan fingerprint density at radius 2 is 2.25 bits per heavy atom. The van der Waals surface area contributed by atoms with E-state index in [4.69, 9.17) is 16.3 Å². The highest BCUT2D eigenvalue weighted by Crippen LogP contribution is 2.30. The summed E-state index contributed by atoms with van der Waals surface area (Å²) in [6, 6.07) is 1.56. The molecule has 1 aromatic heterocycles. The molecule has 1 unspecified atom stereocenters. The van der Waals surface area contributed by atoms with Gasteiger partial charge in [-0.05, 0) is 26.8 Å². The predicted octanol–water partition coefficient (Wildman–Crippen LogP) is 0.983. The molecule has 5 heteroatoms. The number of nitrogen functional groups attached to an aromatic ring is 1. The second-order valence-electron chi connectivity index (χ2n) is 4.14. The van der Waals surface area contributed by atoms with Gasteiger partial charge in [-0.1, -0.05) is 0 Å². The molecule has 1 atom stereocenters. The van der Waals surface area contributed by atoms with Crippen molar-refractivity contribution in [3.63, 3.8) is 0 Å². The van der Waals surface area contributed by atoms with Gasteiger partial charge in [0.2, 0.25) is 0 Å². The van der Waals surface area contributed by atoms with E-state index >= 15 is 0 Å². The van der Waals surface area contributed by atoms with Gasteiger partial charge >= 0.3 is 0 Å². The van der Waals surface area contributed by atoms with E-state index in [-0.39, 0.29) is 6.04 Å². The van der Waals surface area contributed by atoms with Crippen LogP contribution in [0.1, 0.15) is 32.4 Å². The predicted molar refractivity (Wildman–Crippen MR) is 64.4 cm³/mol. The van der Waals surface area contributed by atoms with Crippen molar-refractivity contribution in [3.8, 4) is 0 Å². The maximum absolute atomic E-state index is 5.90. The lowest BCUT2D eigenvalue weighted by molar-refractivity contribution is -0.0391. The van der Waals surface area contributed by atoms with Crippen molar-refractivity contribution >= 4 is 5.69 Å². The van der Waals surface area contributed by atoms with Gasteiger partial charge in [0.15, 0.2) is 0 Å². The van der Waals surface area contributed by atoms with E-state index < -0.39 is 5.60 Å². The minimum Gasteiger partial charge on any atom is -0.398 e. The second kappa shape index (κ2) is 5.25. The van der Waals surface area contributed by atoms with Gasteiger partial charge in [-0.2, -0.15) is 0 Å². The van der Waals surface area contributed by atoms with E-state index in [1.54, 1.807) is 18.5 Å². The van der Waals surface area contributed by atoms with Crippen LogP contribution in [0.15, 0.2) is 18.5 Å². The molecule has 0 aromatic carbocycles. The lowest BCUT2D eigenvalue weighted by Gasteiger charge is -2.34. The number of ether oxygens (including phenoxy) is 1. The summed E-state index contributed by atoms with van der Waals surface area (Å²) >= 11 is 0. The summed E-state index contributed by atoms with van der Waals surface area (Å²) in [4.78, 5) is 4.06. The average molecular weight is 224 g/mol. The molecule has 1 rings (SSSR count). The van der Waals surface area contributed by atoms with E-state index in [1.807, 2.05) is 20.8 Å². The first-order valence-corrected chi connectivity index (χ1v) is 5.32. The Kier molecular flexibility index (Phi) is 4.23. The normalized spacial score (nSPS) is 13.8. The standard InChI is InChI=1S/C11H20N4O/c1-4-16-11(2,3)10(15-13)8-7-14-6-5-9(8)12/h5-7,10,15H,4,13H2,1-3H3,(H2,12,14). The molecule has 0 spiro atoms. The molecule has 1 heterocycles. The number of hydrazine groups is 1. The average Bonchev–Trinajstić information content (AvgIpc) is 2.21. The van der Waals surface area contributed by atoms with Crippen LogP contribution >= 0.6 is 0 Å². The summed E-state index contributed by atoms with van der Waals surface area (Å²) in [5, 5.41) is 0. The Morgan fingerprint density at radius 3 is 2.75 bits per heavy atom. The van der Waals surface area contributed by atoms with Crippen LogP contribution in [-0.2, 0) is 4.74 Å². The molecule has 0 saturated carbocycles. The quantitative estimate of drug-likeness (QED) is 0.513. The van der Waals surface area contributed by atoms with Crippen molar-refractivity contribution in [2.75, 3.05) is 12.3 Å². The third-order valence-electron chi connectivity index (χ3n) is 2.58. The van der Waals surface area contributed by atoms with Crippen molar-refractivity contribution in [1.29, 1.82) is 0 Å². The third-order valence-corrected chi connectivity index (χ3v) is 2.58. The van der Waals surface area contributed by atoms with Crippen molar-refractivity contribution in [1.82, 2.24) is 10.4 Å². The topological polar surface area (TPSA) is 86.2 Å². The van der Waals surface area contributed by atoms with Crippen LogP contribution in [0.25, 0.3) is 0 Å². The van der Waals surface area contributed by atoms with Crippen LogP contribution in [0.2, 0.25) is 0 Å². The van der Waals surface area contributed by atoms with Gasteiger partial charge in [0.1, 0.15) is 0 Å². The van der Waals surface area contributed by atoms with Crippen LogP contribution in [-0.4, -0.2) is 17.2 Å². The number of aromatic nitrogens is 1. The first-order chi connectivity index (χ1) is 7.53. The molecule has 0 aliphatic carbocycles. The summed E-state index contributed by atoms with van der Waals surface area (Å²) in [6.07, 6.45) is 3.36. The molecular formula is C11H20N4O. The van der Waals surface area contributed by atoms with Gasteiger partial charge in [-0.3, -0.25) is 10.8 Å². The Balaban J connectivity index is 3.03. The van der Waals surface area contributed by atoms with E-state index in [9.17, 15) is 0 Å².